The summed E-state index contributed by atoms with van der Waals surface area (Å²) in [6.07, 6.45) is -8.86. The number of likely N-dealkylation sites (tertiary alicyclic amines) is 1. The average Bonchev–Trinajstić information content (AvgIpc) is 2.53. The molecule has 27 heavy (non-hydrogen) atoms. The molecule has 2 rings (SSSR count). The minimum Gasteiger partial charge on any atom is -0.397 e. The zero-order chi connectivity index (χ0) is 20.6. The van der Waals surface area contributed by atoms with Gasteiger partial charge in [0.25, 0.3) is 0 Å². The summed E-state index contributed by atoms with van der Waals surface area (Å²) in [6, 6.07) is -0.947. The number of piperidine rings is 1. The van der Waals surface area contributed by atoms with Crippen LogP contribution in [0.25, 0.3) is 0 Å². The summed E-state index contributed by atoms with van der Waals surface area (Å²) in [5.41, 5.74) is 0.145. The van der Waals surface area contributed by atoms with E-state index >= 15 is 0 Å². The molecule has 0 aliphatic carbocycles. The van der Waals surface area contributed by atoms with Crippen LogP contribution in [0.1, 0.15) is 24.0 Å². The molecule has 0 spiro atoms. The van der Waals surface area contributed by atoms with E-state index < -0.39 is 52.1 Å². The number of alkyl halides is 6. The Morgan fingerprint density at radius 3 is 2.37 bits per heavy atom. The molecule has 1 aromatic rings. The Labute approximate surface area is 155 Å². The van der Waals surface area contributed by atoms with Gasteiger partial charge in [-0.25, -0.2) is 0 Å². The first-order valence-electron chi connectivity index (χ1n) is 7.64. The number of nitrogen functional groups attached to an aromatic ring is 1. The Kier molecular flexibility index (Phi) is 5.88. The summed E-state index contributed by atoms with van der Waals surface area (Å²) in [7, 11) is 0. The maximum absolute atomic E-state index is 13.0. The van der Waals surface area contributed by atoms with Gasteiger partial charge >= 0.3 is 12.4 Å². The standard InChI is InChI=1S/C15H15F6N3O2S/c16-14(17,18)7-4-8(15(19,20)21)11(22)9(5-7)23-13(26)12-10(27)2-1-3-24(12)6-25/h4-6,10,12,27H,1-3,22H2,(H,23,26). The fourth-order valence-electron chi connectivity index (χ4n) is 2.81. The minimum absolute atomic E-state index is 0.120. The largest absolute Gasteiger partial charge is 0.418 e. The van der Waals surface area contributed by atoms with Gasteiger partial charge in [-0.15, -0.1) is 0 Å². The summed E-state index contributed by atoms with van der Waals surface area (Å²) in [4.78, 5) is 24.6. The first-order chi connectivity index (χ1) is 12.4. The van der Waals surface area contributed by atoms with Gasteiger partial charge < -0.3 is 16.0 Å². The normalized spacial score (nSPS) is 21.1. The molecule has 0 bridgehead atoms. The second-order valence-corrected chi connectivity index (χ2v) is 6.63. The van der Waals surface area contributed by atoms with Gasteiger partial charge in [-0.1, -0.05) is 0 Å². The molecule has 2 amide bonds. The van der Waals surface area contributed by atoms with Crippen molar-refractivity contribution >= 4 is 36.3 Å². The summed E-state index contributed by atoms with van der Waals surface area (Å²) >= 11 is 4.18. The predicted molar refractivity (Wildman–Crippen MR) is 88.1 cm³/mol. The highest BCUT2D eigenvalue weighted by atomic mass is 32.1. The van der Waals surface area contributed by atoms with Crippen LogP contribution in [0.2, 0.25) is 0 Å². The minimum atomic E-state index is -5.16. The molecule has 2 unspecified atom stereocenters. The van der Waals surface area contributed by atoms with Gasteiger partial charge in [-0.3, -0.25) is 9.59 Å². The molecule has 1 aromatic carbocycles. The van der Waals surface area contributed by atoms with Crippen molar-refractivity contribution in [1.82, 2.24) is 4.90 Å². The molecule has 2 atom stereocenters. The van der Waals surface area contributed by atoms with E-state index in [0.29, 0.717) is 25.3 Å². The molecule has 0 saturated carbocycles. The molecule has 5 nitrogen and oxygen atoms in total. The van der Waals surface area contributed by atoms with Gasteiger partial charge in [0.15, 0.2) is 0 Å². The van der Waals surface area contributed by atoms with E-state index in [1.807, 2.05) is 5.32 Å². The van der Waals surface area contributed by atoms with Crippen LogP contribution in [-0.4, -0.2) is 35.1 Å². The summed E-state index contributed by atoms with van der Waals surface area (Å²) in [5, 5.41) is 1.36. The lowest BCUT2D eigenvalue weighted by Gasteiger charge is -2.35. The second-order valence-electron chi connectivity index (χ2n) is 5.97. The SMILES string of the molecule is Nc1c(NC(=O)C2C(S)CCCN2C=O)cc(C(F)(F)F)cc1C(F)(F)F. The number of amides is 2. The highest BCUT2D eigenvalue weighted by molar-refractivity contribution is 7.81. The number of halogens is 6. The maximum Gasteiger partial charge on any atom is 0.418 e. The third-order valence-corrected chi connectivity index (χ3v) is 4.65. The van der Waals surface area contributed by atoms with Crippen LogP contribution in [0.3, 0.4) is 0 Å². The summed E-state index contributed by atoms with van der Waals surface area (Å²) in [6.45, 7) is 0.213. The molecule has 1 heterocycles. The monoisotopic (exact) mass is 415 g/mol. The van der Waals surface area contributed by atoms with Gasteiger partial charge in [0, 0.05) is 11.8 Å². The molecule has 0 radical (unpaired) electrons. The maximum atomic E-state index is 13.0. The van der Waals surface area contributed by atoms with Crippen molar-refractivity contribution < 1.29 is 35.9 Å². The fraction of sp³-hybridized carbons (Fsp3) is 0.467. The van der Waals surface area contributed by atoms with Crippen molar-refractivity contribution in [2.24, 2.45) is 0 Å². The van der Waals surface area contributed by atoms with Crippen molar-refractivity contribution in [2.75, 3.05) is 17.6 Å². The van der Waals surface area contributed by atoms with Crippen LogP contribution in [-0.2, 0) is 21.9 Å². The Bertz CT molecular complexity index is 737. The number of carbonyl (C=O) groups excluding carboxylic acids is 2. The highest BCUT2D eigenvalue weighted by Crippen LogP contribution is 2.42. The zero-order valence-electron chi connectivity index (χ0n) is 13.6. The smallest absolute Gasteiger partial charge is 0.397 e. The van der Waals surface area contributed by atoms with Gasteiger partial charge in [-0.2, -0.15) is 39.0 Å². The number of hydrogen-bond donors (Lipinski definition) is 3. The molecular formula is C15H15F6N3O2S. The number of hydrogen-bond acceptors (Lipinski definition) is 4. The van der Waals surface area contributed by atoms with Gasteiger partial charge in [-0.05, 0) is 25.0 Å². The van der Waals surface area contributed by atoms with Crippen LogP contribution in [0, 0.1) is 0 Å². The molecular weight excluding hydrogens is 400 g/mol. The van der Waals surface area contributed by atoms with Crippen molar-refractivity contribution in [3.8, 4) is 0 Å². The molecule has 0 aromatic heterocycles. The van der Waals surface area contributed by atoms with E-state index in [9.17, 15) is 35.9 Å². The Hall–Kier alpha value is -2.11. The van der Waals surface area contributed by atoms with E-state index in [0.717, 1.165) is 4.90 Å². The summed E-state index contributed by atoms with van der Waals surface area (Å²) in [5.74, 6) is -0.971. The summed E-state index contributed by atoms with van der Waals surface area (Å²) < 4.78 is 78.0. The molecule has 150 valence electrons. The third-order valence-electron chi connectivity index (χ3n) is 4.11. The molecule has 12 heteroatoms. The van der Waals surface area contributed by atoms with Gasteiger partial charge in [0.2, 0.25) is 12.3 Å². The molecule has 3 N–H and O–H groups in total. The third kappa shape index (κ3) is 4.60. The lowest BCUT2D eigenvalue weighted by Crippen LogP contribution is -2.52. The Morgan fingerprint density at radius 2 is 1.85 bits per heavy atom. The number of benzene rings is 1. The van der Waals surface area contributed by atoms with Crippen LogP contribution in [0.4, 0.5) is 37.7 Å². The van der Waals surface area contributed by atoms with E-state index in [4.69, 9.17) is 5.73 Å². The zero-order valence-corrected chi connectivity index (χ0v) is 14.5. The molecule has 1 fully saturated rings. The number of carbonyl (C=O) groups is 2. The van der Waals surface area contributed by atoms with Crippen LogP contribution >= 0.6 is 12.6 Å². The van der Waals surface area contributed by atoms with E-state index in [-0.39, 0.29) is 12.6 Å². The van der Waals surface area contributed by atoms with Crippen molar-refractivity contribution in [3.63, 3.8) is 0 Å². The van der Waals surface area contributed by atoms with Crippen molar-refractivity contribution in [2.45, 2.75) is 36.5 Å². The van der Waals surface area contributed by atoms with Crippen LogP contribution in [0.5, 0.6) is 0 Å². The Morgan fingerprint density at radius 1 is 1.22 bits per heavy atom. The van der Waals surface area contributed by atoms with Gasteiger partial charge in [0.05, 0.1) is 22.5 Å². The number of rotatable bonds is 3. The molecule has 1 saturated heterocycles. The highest BCUT2D eigenvalue weighted by Gasteiger charge is 2.40. The number of nitrogens with one attached hydrogen (secondary N) is 1. The van der Waals surface area contributed by atoms with Gasteiger partial charge in [0.1, 0.15) is 6.04 Å². The quantitative estimate of drug-likeness (QED) is 0.307. The number of nitrogens with zero attached hydrogens (tertiary/aromatic N) is 1. The Balaban J connectivity index is 2.45. The predicted octanol–water partition coefficient (Wildman–Crippen LogP) is 3.16. The first kappa shape index (κ1) is 21.2. The molecule has 1 aliphatic heterocycles. The van der Waals surface area contributed by atoms with E-state index in [1.54, 1.807) is 0 Å². The lowest BCUT2D eigenvalue weighted by atomic mass is 10.0. The lowest BCUT2D eigenvalue weighted by molar-refractivity contribution is -0.142. The van der Waals surface area contributed by atoms with E-state index in [2.05, 4.69) is 12.6 Å². The number of thiol groups is 1. The molecule has 1 aliphatic rings. The average molecular weight is 415 g/mol. The van der Waals surface area contributed by atoms with Crippen LogP contribution in [0.15, 0.2) is 12.1 Å². The van der Waals surface area contributed by atoms with E-state index in [1.165, 1.54) is 0 Å². The van der Waals surface area contributed by atoms with Crippen molar-refractivity contribution in [1.29, 1.82) is 0 Å². The van der Waals surface area contributed by atoms with Crippen molar-refractivity contribution in [3.05, 3.63) is 23.3 Å². The fourth-order valence-corrected chi connectivity index (χ4v) is 3.30. The second kappa shape index (κ2) is 7.49. The number of nitrogens with two attached hydrogens (primary N) is 1. The first-order valence-corrected chi connectivity index (χ1v) is 8.15. The number of anilines is 2. The topological polar surface area (TPSA) is 75.4 Å². The van der Waals surface area contributed by atoms with Crippen LogP contribution < -0.4 is 11.1 Å².